The molecule has 0 radical (unpaired) electrons. The molecule has 0 spiro atoms. The van der Waals surface area contributed by atoms with E-state index in [2.05, 4.69) is 27.9 Å². The molecule has 3 aromatic carbocycles. The highest BCUT2D eigenvalue weighted by atomic mass is 127. The molecule has 0 bridgehead atoms. The molecule has 1 aromatic heterocycles. The predicted molar refractivity (Wildman–Crippen MR) is 164 cm³/mol. The Balaban J connectivity index is 1.69. The summed E-state index contributed by atoms with van der Waals surface area (Å²) in [5, 5.41) is 2.96. The van der Waals surface area contributed by atoms with Crippen molar-refractivity contribution in [2.45, 2.75) is 13.0 Å². The van der Waals surface area contributed by atoms with Crippen LogP contribution >= 0.6 is 33.9 Å². The van der Waals surface area contributed by atoms with E-state index in [9.17, 15) is 9.59 Å². The van der Waals surface area contributed by atoms with Crippen molar-refractivity contribution in [3.05, 3.63) is 112 Å². The van der Waals surface area contributed by atoms with Crippen LogP contribution in [0.5, 0.6) is 17.2 Å². The molecule has 0 unspecified atom stereocenters. The Hall–Kier alpha value is -3.90. The van der Waals surface area contributed by atoms with Gasteiger partial charge in [0.1, 0.15) is 5.75 Å². The molecule has 10 heteroatoms. The largest absolute Gasteiger partial charge is 0.497 e. The molecule has 1 aliphatic heterocycles. The Kier molecular flexibility index (Phi) is 8.08. The first kappa shape index (κ1) is 27.7. The van der Waals surface area contributed by atoms with Crippen molar-refractivity contribution < 1.29 is 19.0 Å². The number of methoxy groups -OCH3 is 3. The van der Waals surface area contributed by atoms with Crippen molar-refractivity contribution in [1.82, 2.24) is 4.57 Å². The number of nitrogens with one attached hydrogen (secondary N) is 1. The van der Waals surface area contributed by atoms with Gasteiger partial charge in [0.05, 0.1) is 46.7 Å². The molecule has 0 saturated heterocycles. The number of allylic oxidation sites excluding steroid dienone is 1. The lowest BCUT2D eigenvalue weighted by Crippen LogP contribution is -2.40. The summed E-state index contributed by atoms with van der Waals surface area (Å²) < 4.78 is 19.3. The number of amides is 1. The van der Waals surface area contributed by atoms with Gasteiger partial charge in [-0.3, -0.25) is 14.2 Å². The first-order valence-electron chi connectivity index (χ1n) is 12.3. The van der Waals surface area contributed by atoms with Crippen LogP contribution in [0.2, 0.25) is 0 Å². The number of anilines is 1. The van der Waals surface area contributed by atoms with Crippen LogP contribution in [0.15, 0.2) is 87.8 Å². The first-order valence-corrected chi connectivity index (χ1v) is 14.2. The van der Waals surface area contributed by atoms with Crippen LogP contribution in [0.25, 0.3) is 6.08 Å². The van der Waals surface area contributed by atoms with Gasteiger partial charge < -0.3 is 19.5 Å². The Morgan fingerprint density at radius 2 is 1.80 bits per heavy atom. The summed E-state index contributed by atoms with van der Waals surface area (Å²) >= 11 is 3.45. The van der Waals surface area contributed by atoms with Crippen LogP contribution in [-0.4, -0.2) is 31.8 Å². The molecule has 5 rings (SSSR count). The minimum Gasteiger partial charge on any atom is -0.497 e. The van der Waals surface area contributed by atoms with E-state index in [4.69, 9.17) is 19.2 Å². The van der Waals surface area contributed by atoms with E-state index in [0.717, 1.165) is 14.7 Å². The van der Waals surface area contributed by atoms with Crippen molar-refractivity contribution in [2.75, 3.05) is 26.6 Å². The number of hydrogen-bond donors (Lipinski definition) is 1. The smallest absolute Gasteiger partial charge is 0.271 e. The van der Waals surface area contributed by atoms with E-state index >= 15 is 0 Å². The zero-order valence-electron chi connectivity index (χ0n) is 22.2. The van der Waals surface area contributed by atoms with Crippen molar-refractivity contribution in [2.24, 2.45) is 4.99 Å². The number of hydrogen-bond acceptors (Lipinski definition) is 7. The lowest BCUT2D eigenvalue weighted by atomic mass is 9.95. The van der Waals surface area contributed by atoms with Crippen LogP contribution < -0.4 is 34.4 Å². The predicted octanol–water partition coefficient (Wildman–Crippen LogP) is 4.50. The van der Waals surface area contributed by atoms with Gasteiger partial charge in [0, 0.05) is 5.69 Å². The highest BCUT2D eigenvalue weighted by Gasteiger charge is 2.32. The van der Waals surface area contributed by atoms with Crippen LogP contribution in [0, 0.1) is 3.57 Å². The van der Waals surface area contributed by atoms with Gasteiger partial charge in [-0.05, 0) is 83.1 Å². The quantitative estimate of drug-likeness (QED) is 0.293. The molecule has 8 nitrogen and oxygen atoms in total. The number of carbonyl (C=O) groups is 1. The Morgan fingerprint density at radius 3 is 2.50 bits per heavy atom. The maximum Gasteiger partial charge on any atom is 0.271 e. The van der Waals surface area contributed by atoms with Crippen LogP contribution in [0.1, 0.15) is 24.1 Å². The number of para-hydroxylation sites is 1. The molecular formula is C30H26IN3O5S. The number of fused-ring (bicyclic) bond motifs is 1. The summed E-state index contributed by atoms with van der Waals surface area (Å²) in [5.74, 6) is 1.49. The molecular weight excluding hydrogens is 641 g/mol. The van der Waals surface area contributed by atoms with Crippen molar-refractivity contribution in [1.29, 1.82) is 0 Å². The van der Waals surface area contributed by atoms with Gasteiger partial charge in [0.2, 0.25) is 0 Å². The van der Waals surface area contributed by atoms with Gasteiger partial charge in [-0.1, -0.05) is 41.7 Å². The van der Waals surface area contributed by atoms with Gasteiger partial charge in [0.25, 0.3) is 11.5 Å². The fourth-order valence-corrected chi connectivity index (χ4v) is 6.52. The highest BCUT2D eigenvalue weighted by molar-refractivity contribution is 14.1. The lowest BCUT2D eigenvalue weighted by molar-refractivity contribution is -0.113. The number of halogens is 1. The Bertz CT molecular complexity index is 1810. The maximum atomic E-state index is 14.0. The SMILES string of the molecule is COc1cccc([C@H]2C(C(=O)Nc3ccccc3)=C(C)N=c3s/c(=C\c4cc(I)c(OC)c(OC)c4)c(=O)n32)c1. The summed E-state index contributed by atoms with van der Waals surface area (Å²) in [5.41, 5.74) is 2.84. The molecule has 4 aromatic rings. The summed E-state index contributed by atoms with van der Waals surface area (Å²) in [6.45, 7) is 1.79. The minimum atomic E-state index is -0.706. The average Bonchev–Trinajstić information content (AvgIpc) is 3.26. The van der Waals surface area contributed by atoms with Gasteiger partial charge in [0.15, 0.2) is 16.3 Å². The van der Waals surface area contributed by atoms with Crippen molar-refractivity contribution >= 4 is 51.6 Å². The molecule has 0 aliphatic carbocycles. The standard InChI is InChI=1S/C30H26IN3O5S/c1-17-25(28(35)33-20-10-6-5-7-11-20)26(19-9-8-12-21(16-19)37-2)34-29(36)24(40-30(34)32-17)15-18-13-22(31)27(39-4)23(14-18)38-3/h5-16,26H,1-4H3,(H,33,35)/b24-15-/t26-/m0/s1. The zero-order valence-corrected chi connectivity index (χ0v) is 25.2. The number of nitrogens with zero attached hydrogens (tertiary/aromatic N) is 2. The second-order valence-electron chi connectivity index (χ2n) is 8.92. The topological polar surface area (TPSA) is 91.2 Å². The van der Waals surface area contributed by atoms with Crippen molar-refractivity contribution in [3.63, 3.8) is 0 Å². The molecule has 2 heterocycles. The molecule has 0 fully saturated rings. The van der Waals surface area contributed by atoms with Crippen LogP contribution in [0.3, 0.4) is 0 Å². The second-order valence-corrected chi connectivity index (χ2v) is 11.1. The van der Waals surface area contributed by atoms with E-state index < -0.39 is 6.04 Å². The van der Waals surface area contributed by atoms with Gasteiger partial charge >= 0.3 is 0 Å². The molecule has 1 aliphatic rings. The van der Waals surface area contributed by atoms with Gasteiger partial charge in [-0.15, -0.1) is 0 Å². The van der Waals surface area contributed by atoms with E-state index in [0.29, 0.717) is 43.5 Å². The molecule has 1 amide bonds. The summed E-state index contributed by atoms with van der Waals surface area (Å²) in [6.07, 6.45) is 1.81. The number of aromatic nitrogens is 1. The molecule has 204 valence electrons. The number of rotatable bonds is 7. The number of thiazole rings is 1. The molecule has 40 heavy (non-hydrogen) atoms. The number of ether oxygens (including phenoxy) is 3. The summed E-state index contributed by atoms with van der Waals surface area (Å²) in [7, 11) is 4.74. The fraction of sp³-hybridized carbons (Fsp3) is 0.167. The third-order valence-corrected chi connectivity index (χ3v) is 8.25. The molecule has 1 atom stereocenters. The van der Waals surface area contributed by atoms with Gasteiger partial charge in [-0.2, -0.15) is 0 Å². The van der Waals surface area contributed by atoms with Gasteiger partial charge in [-0.25, -0.2) is 4.99 Å². The maximum absolute atomic E-state index is 14.0. The normalized spacial score (nSPS) is 14.8. The minimum absolute atomic E-state index is 0.251. The fourth-order valence-electron chi connectivity index (χ4n) is 4.63. The lowest BCUT2D eigenvalue weighted by Gasteiger charge is -2.25. The van der Waals surface area contributed by atoms with E-state index in [-0.39, 0.29) is 11.5 Å². The molecule has 0 saturated carbocycles. The molecule has 1 N–H and O–H groups in total. The van der Waals surface area contributed by atoms with E-state index in [1.54, 1.807) is 38.9 Å². The Labute approximate surface area is 248 Å². The third-order valence-electron chi connectivity index (χ3n) is 6.46. The summed E-state index contributed by atoms with van der Waals surface area (Å²) in [6, 6.07) is 19.6. The zero-order chi connectivity index (χ0) is 28.4. The van der Waals surface area contributed by atoms with E-state index in [1.807, 2.05) is 66.7 Å². The van der Waals surface area contributed by atoms with Crippen LogP contribution in [-0.2, 0) is 4.79 Å². The second kappa shape index (κ2) is 11.7. The first-order chi connectivity index (χ1) is 19.3. The summed E-state index contributed by atoms with van der Waals surface area (Å²) in [4.78, 5) is 32.9. The van der Waals surface area contributed by atoms with Crippen LogP contribution in [0.4, 0.5) is 5.69 Å². The number of carbonyl (C=O) groups excluding carboxylic acids is 1. The monoisotopic (exact) mass is 667 g/mol. The number of benzene rings is 3. The van der Waals surface area contributed by atoms with Crippen molar-refractivity contribution in [3.8, 4) is 17.2 Å². The van der Waals surface area contributed by atoms with E-state index in [1.165, 1.54) is 11.3 Å². The Morgan fingerprint density at radius 1 is 1.02 bits per heavy atom. The average molecular weight is 668 g/mol. The highest BCUT2D eigenvalue weighted by Crippen LogP contribution is 2.34. The third kappa shape index (κ3) is 5.28.